The van der Waals surface area contributed by atoms with E-state index in [2.05, 4.69) is 36.3 Å². The Morgan fingerprint density at radius 2 is 1.85 bits per heavy atom. The molecule has 1 fully saturated rings. The standard InChI is InChI=1S/C27H34ClN3O3/c1-19(23-16-22(28)15-20-17-29-30(5)24(20)23)33-18-27(21-9-7-6-8-10-21)11-13-31(14-12-27)25(32)34-26(2,3)4/h6-10,15-17,19H,11-14,18H2,1-5H3. The van der Waals surface area contributed by atoms with Crippen LogP contribution in [0, 0.1) is 0 Å². The van der Waals surface area contributed by atoms with Crippen molar-refractivity contribution in [2.45, 2.75) is 57.7 Å². The largest absolute Gasteiger partial charge is 0.444 e. The van der Waals surface area contributed by atoms with Crippen LogP contribution in [-0.2, 0) is 21.9 Å². The molecule has 0 aliphatic carbocycles. The molecule has 182 valence electrons. The second-order valence-corrected chi connectivity index (χ2v) is 10.7. The van der Waals surface area contributed by atoms with Crippen LogP contribution < -0.4 is 0 Å². The van der Waals surface area contributed by atoms with Crippen molar-refractivity contribution in [3.63, 3.8) is 0 Å². The number of aromatic nitrogens is 2. The van der Waals surface area contributed by atoms with E-state index in [1.807, 2.05) is 61.8 Å². The van der Waals surface area contributed by atoms with E-state index in [0.717, 1.165) is 29.3 Å². The second kappa shape index (κ2) is 9.59. The summed E-state index contributed by atoms with van der Waals surface area (Å²) in [6.07, 6.45) is 3.02. The van der Waals surface area contributed by atoms with E-state index < -0.39 is 5.60 Å². The predicted octanol–water partition coefficient (Wildman–Crippen LogP) is 6.27. The van der Waals surface area contributed by atoms with Gasteiger partial charge in [-0.15, -0.1) is 0 Å². The zero-order valence-corrected chi connectivity index (χ0v) is 21.4. The lowest BCUT2D eigenvalue weighted by molar-refractivity contribution is -0.00935. The van der Waals surface area contributed by atoms with Crippen LogP contribution >= 0.6 is 11.6 Å². The van der Waals surface area contributed by atoms with Gasteiger partial charge in [0.2, 0.25) is 0 Å². The molecule has 0 spiro atoms. The highest BCUT2D eigenvalue weighted by atomic mass is 35.5. The first-order valence-electron chi connectivity index (χ1n) is 11.8. The van der Waals surface area contributed by atoms with Gasteiger partial charge in [-0.05, 0) is 58.2 Å². The first kappa shape index (κ1) is 24.6. The molecule has 1 aliphatic heterocycles. The Hall–Kier alpha value is -2.57. The number of likely N-dealkylation sites (tertiary alicyclic amines) is 1. The molecule has 1 saturated heterocycles. The summed E-state index contributed by atoms with van der Waals surface area (Å²) in [4.78, 5) is 14.4. The molecule has 2 aromatic carbocycles. The third-order valence-corrected chi connectivity index (χ3v) is 6.85. The monoisotopic (exact) mass is 483 g/mol. The predicted molar refractivity (Wildman–Crippen MR) is 135 cm³/mol. The molecule has 2 heterocycles. The first-order chi connectivity index (χ1) is 16.1. The van der Waals surface area contributed by atoms with Gasteiger partial charge in [0.05, 0.1) is 24.4 Å². The zero-order valence-electron chi connectivity index (χ0n) is 20.7. The maximum atomic E-state index is 12.6. The number of rotatable bonds is 5. The summed E-state index contributed by atoms with van der Waals surface area (Å²) < 4.78 is 14.0. The number of carbonyl (C=O) groups excluding carboxylic acids is 1. The number of hydrogen-bond acceptors (Lipinski definition) is 4. The Bertz CT molecular complexity index is 1150. The number of carbonyl (C=O) groups is 1. The Morgan fingerprint density at radius 3 is 2.50 bits per heavy atom. The topological polar surface area (TPSA) is 56.6 Å². The van der Waals surface area contributed by atoms with Crippen LogP contribution in [0.25, 0.3) is 10.9 Å². The number of fused-ring (bicyclic) bond motifs is 1. The molecule has 34 heavy (non-hydrogen) atoms. The average molecular weight is 484 g/mol. The summed E-state index contributed by atoms with van der Waals surface area (Å²) in [6.45, 7) is 9.56. The summed E-state index contributed by atoms with van der Waals surface area (Å²) in [7, 11) is 1.93. The summed E-state index contributed by atoms with van der Waals surface area (Å²) in [6, 6.07) is 14.4. The summed E-state index contributed by atoms with van der Waals surface area (Å²) in [5.41, 5.74) is 2.61. The van der Waals surface area contributed by atoms with Crippen molar-refractivity contribution in [1.29, 1.82) is 0 Å². The van der Waals surface area contributed by atoms with Crippen molar-refractivity contribution >= 4 is 28.6 Å². The molecule has 1 unspecified atom stereocenters. The van der Waals surface area contributed by atoms with Crippen molar-refractivity contribution in [3.05, 3.63) is 64.8 Å². The number of halogens is 1. The zero-order chi connectivity index (χ0) is 24.5. The summed E-state index contributed by atoms with van der Waals surface area (Å²) in [5, 5.41) is 6.07. The lowest BCUT2D eigenvalue weighted by atomic mass is 9.73. The quantitative estimate of drug-likeness (QED) is 0.429. The van der Waals surface area contributed by atoms with Crippen LogP contribution in [0.1, 0.15) is 57.8 Å². The minimum Gasteiger partial charge on any atom is -0.444 e. The number of hydrogen-bond donors (Lipinski definition) is 0. The fraction of sp³-hybridized carbons (Fsp3) is 0.481. The van der Waals surface area contributed by atoms with Gasteiger partial charge in [0.25, 0.3) is 0 Å². The van der Waals surface area contributed by atoms with Crippen molar-refractivity contribution in [2.24, 2.45) is 7.05 Å². The van der Waals surface area contributed by atoms with Crippen molar-refractivity contribution in [2.75, 3.05) is 19.7 Å². The Morgan fingerprint density at radius 1 is 1.18 bits per heavy atom. The lowest BCUT2D eigenvalue weighted by Crippen LogP contribution is -2.48. The highest BCUT2D eigenvalue weighted by Gasteiger charge is 2.39. The Labute approximate surface area is 206 Å². The lowest BCUT2D eigenvalue weighted by Gasteiger charge is -2.42. The molecule has 0 bridgehead atoms. The SMILES string of the molecule is CC(OCC1(c2ccccc2)CCN(C(=O)OC(C)(C)C)CC1)c1cc(Cl)cc2cnn(C)c12. The number of aryl methyl sites for hydroxylation is 1. The molecular formula is C27H34ClN3O3. The van der Waals surface area contributed by atoms with Crippen LogP contribution in [0.5, 0.6) is 0 Å². The van der Waals surface area contributed by atoms with Gasteiger partial charge in [0.1, 0.15) is 5.60 Å². The maximum Gasteiger partial charge on any atom is 0.410 e. The molecule has 6 nitrogen and oxygen atoms in total. The van der Waals surface area contributed by atoms with E-state index in [4.69, 9.17) is 21.1 Å². The fourth-order valence-electron chi connectivity index (χ4n) is 4.76. The van der Waals surface area contributed by atoms with E-state index in [9.17, 15) is 4.79 Å². The highest BCUT2D eigenvalue weighted by molar-refractivity contribution is 6.31. The number of ether oxygens (including phenoxy) is 2. The van der Waals surface area contributed by atoms with E-state index in [0.29, 0.717) is 24.7 Å². The molecule has 1 atom stereocenters. The smallest absolute Gasteiger partial charge is 0.410 e. The number of benzene rings is 2. The van der Waals surface area contributed by atoms with Gasteiger partial charge < -0.3 is 14.4 Å². The van der Waals surface area contributed by atoms with E-state index >= 15 is 0 Å². The van der Waals surface area contributed by atoms with E-state index in [1.165, 1.54) is 5.56 Å². The molecule has 1 amide bonds. The molecule has 1 aliphatic rings. The molecule has 0 radical (unpaired) electrons. The Balaban J connectivity index is 1.54. The molecule has 7 heteroatoms. The maximum absolute atomic E-state index is 12.6. The van der Waals surface area contributed by atoms with Gasteiger partial charge in [-0.25, -0.2) is 4.79 Å². The third-order valence-electron chi connectivity index (χ3n) is 6.63. The van der Waals surface area contributed by atoms with Crippen LogP contribution in [0.3, 0.4) is 0 Å². The van der Waals surface area contributed by atoms with Gasteiger partial charge in [-0.2, -0.15) is 5.10 Å². The van der Waals surface area contributed by atoms with Gasteiger partial charge in [0, 0.05) is 41.5 Å². The van der Waals surface area contributed by atoms with E-state index in [-0.39, 0.29) is 17.6 Å². The second-order valence-electron chi connectivity index (χ2n) is 10.3. The molecule has 0 saturated carbocycles. The molecule has 0 N–H and O–H groups in total. The normalized spacial score (nSPS) is 17.1. The van der Waals surface area contributed by atoms with Gasteiger partial charge in [-0.3, -0.25) is 4.68 Å². The minimum atomic E-state index is -0.502. The van der Waals surface area contributed by atoms with Gasteiger partial charge in [0.15, 0.2) is 0 Å². The molecule has 1 aromatic heterocycles. The van der Waals surface area contributed by atoms with Crippen molar-refractivity contribution in [1.82, 2.24) is 14.7 Å². The molecule has 4 rings (SSSR count). The van der Waals surface area contributed by atoms with Crippen LogP contribution in [0.4, 0.5) is 4.79 Å². The third kappa shape index (κ3) is 5.23. The Kier molecular flexibility index (Phi) is 6.92. The fourth-order valence-corrected chi connectivity index (χ4v) is 4.99. The minimum absolute atomic E-state index is 0.166. The number of piperidine rings is 1. The van der Waals surface area contributed by atoms with Crippen LogP contribution in [0.15, 0.2) is 48.7 Å². The number of nitrogens with zero attached hydrogens (tertiary/aromatic N) is 3. The first-order valence-corrected chi connectivity index (χ1v) is 12.2. The molecule has 3 aromatic rings. The summed E-state index contributed by atoms with van der Waals surface area (Å²) >= 11 is 6.40. The number of amides is 1. The van der Waals surface area contributed by atoms with Crippen molar-refractivity contribution < 1.29 is 14.3 Å². The van der Waals surface area contributed by atoms with Crippen LogP contribution in [0.2, 0.25) is 5.02 Å². The van der Waals surface area contributed by atoms with Crippen molar-refractivity contribution in [3.8, 4) is 0 Å². The van der Waals surface area contributed by atoms with Gasteiger partial charge >= 0.3 is 6.09 Å². The van der Waals surface area contributed by atoms with Crippen LogP contribution in [-0.4, -0.2) is 46.1 Å². The highest BCUT2D eigenvalue weighted by Crippen LogP contribution is 2.38. The average Bonchev–Trinajstić information content (AvgIpc) is 3.17. The van der Waals surface area contributed by atoms with E-state index in [1.54, 1.807) is 0 Å². The molecular weight excluding hydrogens is 450 g/mol. The van der Waals surface area contributed by atoms with Gasteiger partial charge in [-0.1, -0.05) is 41.9 Å². The summed E-state index contributed by atoms with van der Waals surface area (Å²) in [5.74, 6) is 0.